The lowest BCUT2D eigenvalue weighted by Crippen LogP contribution is -2.40. The molecule has 0 heterocycles. The molecule has 0 spiro atoms. The van der Waals surface area contributed by atoms with E-state index < -0.39 is 10.0 Å². The summed E-state index contributed by atoms with van der Waals surface area (Å²) in [5.41, 5.74) is 5.60. The summed E-state index contributed by atoms with van der Waals surface area (Å²) in [7, 11) is -3.51. The molecule has 0 aliphatic heterocycles. The van der Waals surface area contributed by atoms with E-state index in [1.54, 1.807) is 24.3 Å². The number of nitrogens with one attached hydrogen (secondary N) is 1. The molecule has 18 heavy (non-hydrogen) atoms. The fourth-order valence-electron chi connectivity index (χ4n) is 1.62. The fourth-order valence-corrected chi connectivity index (χ4v) is 3.91. The van der Waals surface area contributed by atoms with Gasteiger partial charge in [-0.25, -0.2) is 13.1 Å². The number of halogens is 1. The van der Waals surface area contributed by atoms with Crippen molar-refractivity contribution in [1.29, 1.82) is 0 Å². The van der Waals surface area contributed by atoms with Gasteiger partial charge in [-0.05, 0) is 34.5 Å². The summed E-state index contributed by atoms with van der Waals surface area (Å²) in [5, 5.41) is 0. The predicted octanol–water partition coefficient (Wildman–Crippen LogP) is 2.24. The zero-order valence-electron chi connectivity index (χ0n) is 10.4. The first-order valence-corrected chi connectivity index (χ1v) is 8.25. The number of hydrogen-bond acceptors (Lipinski definition) is 3. The van der Waals surface area contributed by atoms with Crippen molar-refractivity contribution in [2.24, 2.45) is 5.73 Å². The molecule has 1 aromatic rings. The van der Waals surface area contributed by atoms with Gasteiger partial charge in [0, 0.05) is 17.1 Å². The maximum atomic E-state index is 12.2. The van der Waals surface area contributed by atoms with Gasteiger partial charge < -0.3 is 5.73 Å². The lowest BCUT2D eigenvalue weighted by Gasteiger charge is -2.17. The number of rotatable bonds is 7. The molecule has 0 radical (unpaired) electrons. The number of benzene rings is 1. The van der Waals surface area contributed by atoms with E-state index in [4.69, 9.17) is 5.73 Å². The van der Waals surface area contributed by atoms with Crippen molar-refractivity contribution in [2.45, 2.75) is 37.1 Å². The Balaban J connectivity index is 2.84. The van der Waals surface area contributed by atoms with Gasteiger partial charge in [0.25, 0.3) is 0 Å². The van der Waals surface area contributed by atoms with Crippen molar-refractivity contribution in [3.63, 3.8) is 0 Å². The van der Waals surface area contributed by atoms with Gasteiger partial charge in [-0.1, -0.05) is 31.9 Å². The van der Waals surface area contributed by atoms with Crippen LogP contribution in [0.4, 0.5) is 0 Å². The molecule has 1 unspecified atom stereocenters. The molecule has 0 fully saturated rings. The summed E-state index contributed by atoms with van der Waals surface area (Å²) in [6.07, 6.45) is 2.74. The number of unbranched alkanes of at least 4 members (excludes halogenated alkanes) is 1. The Kier molecular flexibility index (Phi) is 6.28. The molecule has 102 valence electrons. The molecule has 1 aromatic carbocycles. The van der Waals surface area contributed by atoms with E-state index in [1.165, 1.54) is 0 Å². The van der Waals surface area contributed by atoms with Crippen molar-refractivity contribution >= 4 is 26.0 Å². The summed E-state index contributed by atoms with van der Waals surface area (Å²) in [6, 6.07) is 6.54. The van der Waals surface area contributed by atoms with Crippen LogP contribution in [0, 0.1) is 0 Å². The quantitative estimate of drug-likeness (QED) is 0.803. The minimum absolute atomic E-state index is 0.206. The second-order valence-electron chi connectivity index (χ2n) is 4.13. The number of nitrogens with two attached hydrogens (primary N) is 1. The predicted molar refractivity (Wildman–Crippen MR) is 76.8 cm³/mol. The molecular weight excluding hydrogens is 316 g/mol. The summed E-state index contributed by atoms with van der Waals surface area (Å²) in [4.78, 5) is 0.250. The van der Waals surface area contributed by atoms with Crippen LogP contribution in [-0.4, -0.2) is 21.0 Å². The standard InChI is InChI=1S/C12H19BrN2O2S/c1-2-3-6-10(9-14)15-18(16,17)12-8-5-4-7-11(12)13/h4-5,7-8,10,15H,2-3,6,9,14H2,1H3. The van der Waals surface area contributed by atoms with Crippen LogP contribution < -0.4 is 10.5 Å². The molecule has 0 aliphatic rings. The zero-order valence-corrected chi connectivity index (χ0v) is 12.8. The van der Waals surface area contributed by atoms with Crippen LogP contribution in [0.2, 0.25) is 0 Å². The topological polar surface area (TPSA) is 72.2 Å². The largest absolute Gasteiger partial charge is 0.329 e. The van der Waals surface area contributed by atoms with Gasteiger partial charge in [-0.2, -0.15) is 0 Å². The van der Waals surface area contributed by atoms with Gasteiger partial charge in [0.15, 0.2) is 0 Å². The summed E-state index contributed by atoms with van der Waals surface area (Å²) >= 11 is 3.25. The van der Waals surface area contributed by atoms with E-state index in [0.29, 0.717) is 11.0 Å². The highest BCUT2D eigenvalue weighted by Crippen LogP contribution is 2.21. The third-order valence-electron chi connectivity index (χ3n) is 2.64. The van der Waals surface area contributed by atoms with E-state index in [-0.39, 0.29) is 10.9 Å². The average molecular weight is 335 g/mol. The minimum atomic E-state index is -3.51. The Morgan fingerprint density at radius 2 is 2.06 bits per heavy atom. The Morgan fingerprint density at radius 3 is 2.61 bits per heavy atom. The molecule has 1 atom stereocenters. The first-order valence-electron chi connectivity index (χ1n) is 5.98. The molecular formula is C12H19BrN2O2S. The van der Waals surface area contributed by atoms with Crippen molar-refractivity contribution in [2.75, 3.05) is 6.54 Å². The monoisotopic (exact) mass is 334 g/mol. The smallest absolute Gasteiger partial charge is 0.241 e. The Bertz CT molecular complexity index is 477. The first kappa shape index (κ1) is 15.6. The maximum Gasteiger partial charge on any atom is 0.241 e. The van der Waals surface area contributed by atoms with Gasteiger partial charge in [-0.3, -0.25) is 0 Å². The van der Waals surface area contributed by atoms with Gasteiger partial charge >= 0.3 is 0 Å². The van der Waals surface area contributed by atoms with Crippen LogP contribution in [0.1, 0.15) is 26.2 Å². The maximum absolute atomic E-state index is 12.2. The molecule has 0 saturated carbocycles. The molecule has 1 rings (SSSR count). The van der Waals surface area contributed by atoms with Gasteiger partial charge in [0.1, 0.15) is 0 Å². The van der Waals surface area contributed by atoms with Crippen LogP contribution in [0.5, 0.6) is 0 Å². The van der Waals surface area contributed by atoms with Crippen LogP contribution >= 0.6 is 15.9 Å². The zero-order chi connectivity index (χ0) is 13.6. The third kappa shape index (κ3) is 4.35. The SMILES string of the molecule is CCCCC(CN)NS(=O)(=O)c1ccccc1Br. The highest BCUT2D eigenvalue weighted by Gasteiger charge is 2.20. The molecule has 0 saturated heterocycles. The average Bonchev–Trinajstić information content (AvgIpc) is 2.34. The highest BCUT2D eigenvalue weighted by atomic mass is 79.9. The van der Waals surface area contributed by atoms with Crippen LogP contribution in [-0.2, 0) is 10.0 Å². The van der Waals surface area contributed by atoms with Gasteiger partial charge in [0.2, 0.25) is 10.0 Å². The van der Waals surface area contributed by atoms with E-state index in [0.717, 1.165) is 19.3 Å². The van der Waals surface area contributed by atoms with Crippen molar-refractivity contribution in [1.82, 2.24) is 4.72 Å². The third-order valence-corrected chi connectivity index (χ3v) is 5.17. The van der Waals surface area contributed by atoms with Crippen LogP contribution in [0.3, 0.4) is 0 Å². The van der Waals surface area contributed by atoms with Crippen LogP contribution in [0.15, 0.2) is 33.6 Å². The minimum Gasteiger partial charge on any atom is -0.329 e. The summed E-state index contributed by atoms with van der Waals surface area (Å²) in [5.74, 6) is 0. The molecule has 6 heteroatoms. The van der Waals surface area contributed by atoms with Crippen molar-refractivity contribution < 1.29 is 8.42 Å². The van der Waals surface area contributed by atoms with Gasteiger partial charge in [0.05, 0.1) is 4.90 Å². The number of hydrogen-bond donors (Lipinski definition) is 2. The van der Waals surface area contributed by atoms with E-state index in [9.17, 15) is 8.42 Å². The second-order valence-corrected chi connectivity index (χ2v) is 6.66. The number of sulfonamides is 1. The molecule has 0 amide bonds. The normalized spacial score (nSPS) is 13.5. The van der Waals surface area contributed by atoms with Gasteiger partial charge in [-0.15, -0.1) is 0 Å². The highest BCUT2D eigenvalue weighted by molar-refractivity contribution is 9.10. The summed E-state index contributed by atoms with van der Waals surface area (Å²) in [6.45, 7) is 2.37. The Labute approximate surface area is 117 Å². The molecule has 0 aromatic heterocycles. The van der Waals surface area contributed by atoms with Crippen molar-refractivity contribution in [3.05, 3.63) is 28.7 Å². The molecule has 0 bridgehead atoms. The molecule has 0 aliphatic carbocycles. The van der Waals surface area contributed by atoms with Crippen molar-refractivity contribution in [3.8, 4) is 0 Å². The van der Waals surface area contributed by atoms with E-state index >= 15 is 0 Å². The Morgan fingerprint density at radius 1 is 1.39 bits per heavy atom. The first-order chi connectivity index (χ1) is 8.51. The van der Waals surface area contributed by atoms with E-state index in [1.807, 2.05) is 0 Å². The lowest BCUT2D eigenvalue weighted by atomic mass is 10.1. The second kappa shape index (κ2) is 7.23. The van der Waals surface area contributed by atoms with E-state index in [2.05, 4.69) is 27.6 Å². The Hall–Kier alpha value is -0.430. The van der Waals surface area contributed by atoms with Crippen LogP contribution in [0.25, 0.3) is 0 Å². The lowest BCUT2D eigenvalue weighted by molar-refractivity contribution is 0.516. The fraction of sp³-hybridized carbons (Fsp3) is 0.500. The summed E-state index contributed by atoms with van der Waals surface area (Å²) < 4.78 is 27.6. The molecule has 4 nitrogen and oxygen atoms in total. The molecule has 3 N–H and O–H groups in total.